The van der Waals surface area contributed by atoms with Crippen LogP contribution in [0.4, 0.5) is 5.13 Å². The number of anilines is 1. The van der Waals surface area contributed by atoms with E-state index in [1.54, 1.807) is 0 Å². The van der Waals surface area contributed by atoms with Gasteiger partial charge in [-0.05, 0) is 12.8 Å². The molecule has 18 heavy (non-hydrogen) atoms. The number of hydrogen-bond donors (Lipinski definition) is 2. The summed E-state index contributed by atoms with van der Waals surface area (Å²) in [7, 11) is 0. The second-order valence-corrected chi connectivity index (χ2v) is 6.59. The van der Waals surface area contributed by atoms with Gasteiger partial charge in [-0.1, -0.05) is 48.8 Å². The third kappa shape index (κ3) is 4.45. The highest BCUT2D eigenvalue weighted by atomic mass is 32.2. The molecule has 0 aromatic carbocycles. The van der Waals surface area contributed by atoms with Crippen LogP contribution in [0, 0.1) is 0 Å². The Balaban J connectivity index is 1.83. The van der Waals surface area contributed by atoms with Crippen LogP contribution in [0.15, 0.2) is 4.34 Å². The van der Waals surface area contributed by atoms with Gasteiger partial charge in [-0.25, -0.2) is 0 Å². The van der Waals surface area contributed by atoms with Crippen LogP contribution in [0.2, 0.25) is 0 Å². The van der Waals surface area contributed by atoms with Crippen LogP contribution in [0.5, 0.6) is 0 Å². The average molecular weight is 287 g/mol. The van der Waals surface area contributed by atoms with Crippen molar-refractivity contribution in [2.75, 3.05) is 11.1 Å². The summed E-state index contributed by atoms with van der Waals surface area (Å²) in [6, 6.07) is 0.498. The maximum Gasteiger partial charge on any atom is 0.313 e. The maximum atomic E-state index is 10.5. The summed E-state index contributed by atoms with van der Waals surface area (Å²) in [4.78, 5) is 10.5. The third-order valence-electron chi connectivity index (χ3n) is 2.91. The quantitative estimate of drug-likeness (QED) is 0.640. The normalized spacial score (nSPS) is 17.3. The summed E-state index contributed by atoms with van der Waals surface area (Å²) in [6.45, 7) is 0. The molecule has 1 aliphatic carbocycles. The molecule has 1 heterocycles. The highest BCUT2D eigenvalue weighted by Crippen LogP contribution is 2.27. The molecular formula is C11H17N3O2S2. The Morgan fingerprint density at radius 2 is 2.06 bits per heavy atom. The van der Waals surface area contributed by atoms with Crippen LogP contribution in [0.3, 0.4) is 0 Å². The lowest BCUT2D eigenvalue weighted by Gasteiger charge is -2.14. The van der Waals surface area contributed by atoms with Gasteiger partial charge >= 0.3 is 5.97 Å². The number of rotatable bonds is 5. The number of carboxylic acid groups (broad SMARTS) is 1. The first kappa shape index (κ1) is 13.6. The molecule has 7 heteroatoms. The third-order valence-corrected chi connectivity index (χ3v) is 4.88. The molecule has 2 rings (SSSR count). The molecule has 0 unspecified atom stereocenters. The van der Waals surface area contributed by atoms with Gasteiger partial charge < -0.3 is 10.4 Å². The van der Waals surface area contributed by atoms with E-state index in [-0.39, 0.29) is 5.75 Å². The van der Waals surface area contributed by atoms with Gasteiger partial charge in [0.1, 0.15) is 0 Å². The number of carbonyl (C=O) groups is 1. The van der Waals surface area contributed by atoms with Crippen molar-refractivity contribution in [2.45, 2.75) is 48.9 Å². The molecule has 2 N–H and O–H groups in total. The molecule has 1 aliphatic rings. The molecule has 1 fully saturated rings. The van der Waals surface area contributed by atoms with Gasteiger partial charge in [0.2, 0.25) is 5.13 Å². The number of thioether (sulfide) groups is 1. The minimum atomic E-state index is -0.825. The van der Waals surface area contributed by atoms with Crippen LogP contribution >= 0.6 is 23.1 Å². The number of carboxylic acids is 1. The Morgan fingerprint density at radius 1 is 1.33 bits per heavy atom. The van der Waals surface area contributed by atoms with Crippen molar-refractivity contribution >= 4 is 34.2 Å². The molecule has 0 aliphatic heterocycles. The fraction of sp³-hybridized carbons (Fsp3) is 0.727. The van der Waals surface area contributed by atoms with E-state index < -0.39 is 5.97 Å². The van der Waals surface area contributed by atoms with Crippen molar-refractivity contribution in [1.82, 2.24) is 10.2 Å². The van der Waals surface area contributed by atoms with Crippen molar-refractivity contribution < 1.29 is 9.90 Å². The first-order valence-electron chi connectivity index (χ1n) is 6.18. The molecule has 0 radical (unpaired) electrons. The fourth-order valence-electron chi connectivity index (χ4n) is 2.05. The summed E-state index contributed by atoms with van der Waals surface area (Å²) >= 11 is 2.66. The fourth-order valence-corrected chi connectivity index (χ4v) is 3.60. The molecule has 100 valence electrons. The van der Waals surface area contributed by atoms with Crippen molar-refractivity contribution in [3.05, 3.63) is 0 Å². The Morgan fingerprint density at radius 3 is 2.72 bits per heavy atom. The van der Waals surface area contributed by atoms with Crippen molar-refractivity contribution in [3.63, 3.8) is 0 Å². The van der Waals surface area contributed by atoms with E-state index in [1.807, 2.05) is 0 Å². The zero-order valence-corrected chi connectivity index (χ0v) is 11.7. The summed E-state index contributed by atoms with van der Waals surface area (Å²) in [5.74, 6) is -0.786. The maximum absolute atomic E-state index is 10.5. The highest BCUT2D eigenvalue weighted by Gasteiger charge is 2.14. The Bertz CT molecular complexity index is 389. The van der Waals surface area contributed by atoms with Crippen LogP contribution in [0.25, 0.3) is 0 Å². The van der Waals surface area contributed by atoms with Gasteiger partial charge in [0.25, 0.3) is 0 Å². The number of hydrogen-bond acceptors (Lipinski definition) is 6. The second-order valence-electron chi connectivity index (χ2n) is 4.39. The standard InChI is InChI=1S/C11H17N3O2S2/c15-9(16)7-17-11-14-13-10(18-11)12-8-5-3-1-2-4-6-8/h8H,1-7H2,(H,12,13)(H,15,16). The molecule has 0 spiro atoms. The Labute approximate surface area is 114 Å². The summed E-state index contributed by atoms with van der Waals surface area (Å²) < 4.78 is 0.716. The molecule has 5 nitrogen and oxygen atoms in total. The van der Waals surface area contributed by atoms with Gasteiger partial charge in [-0.15, -0.1) is 10.2 Å². The molecule has 0 amide bonds. The lowest BCUT2D eigenvalue weighted by atomic mass is 10.1. The second kappa shape index (κ2) is 6.94. The van der Waals surface area contributed by atoms with Crippen molar-refractivity contribution in [2.24, 2.45) is 0 Å². The molecule has 1 aromatic rings. The van der Waals surface area contributed by atoms with E-state index in [1.165, 1.54) is 61.6 Å². The zero-order chi connectivity index (χ0) is 12.8. The molecule has 0 bridgehead atoms. The van der Waals surface area contributed by atoms with Gasteiger partial charge in [-0.2, -0.15) is 0 Å². The van der Waals surface area contributed by atoms with Gasteiger partial charge in [0.15, 0.2) is 4.34 Å². The predicted octanol–water partition coefficient (Wildman–Crippen LogP) is 2.85. The lowest BCUT2D eigenvalue weighted by Crippen LogP contribution is -2.17. The monoisotopic (exact) mass is 287 g/mol. The first-order valence-corrected chi connectivity index (χ1v) is 7.99. The number of nitrogens with one attached hydrogen (secondary N) is 1. The first-order chi connectivity index (χ1) is 8.74. The Kier molecular flexibility index (Phi) is 5.25. The SMILES string of the molecule is O=C(O)CSc1nnc(NC2CCCCCC2)s1. The van der Waals surface area contributed by atoms with Crippen molar-refractivity contribution in [3.8, 4) is 0 Å². The summed E-state index contributed by atoms with van der Waals surface area (Å²) in [5, 5.41) is 20.9. The van der Waals surface area contributed by atoms with Crippen LogP contribution < -0.4 is 5.32 Å². The van der Waals surface area contributed by atoms with E-state index in [9.17, 15) is 4.79 Å². The smallest absolute Gasteiger partial charge is 0.313 e. The highest BCUT2D eigenvalue weighted by molar-refractivity contribution is 8.01. The van der Waals surface area contributed by atoms with E-state index in [4.69, 9.17) is 5.11 Å². The van der Waals surface area contributed by atoms with Gasteiger partial charge in [-0.3, -0.25) is 4.79 Å². The largest absolute Gasteiger partial charge is 0.481 e. The number of nitrogens with zero attached hydrogens (tertiary/aromatic N) is 2. The van der Waals surface area contributed by atoms with E-state index >= 15 is 0 Å². The number of aromatic nitrogens is 2. The van der Waals surface area contributed by atoms with Crippen LogP contribution in [0.1, 0.15) is 38.5 Å². The van der Waals surface area contributed by atoms with E-state index in [2.05, 4.69) is 15.5 Å². The zero-order valence-electron chi connectivity index (χ0n) is 10.1. The van der Waals surface area contributed by atoms with Crippen molar-refractivity contribution in [1.29, 1.82) is 0 Å². The van der Waals surface area contributed by atoms with Gasteiger partial charge in [0.05, 0.1) is 5.75 Å². The topological polar surface area (TPSA) is 75.1 Å². The van der Waals surface area contributed by atoms with E-state index in [0.717, 1.165) is 5.13 Å². The minimum absolute atomic E-state index is 0.0397. The van der Waals surface area contributed by atoms with Crippen LogP contribution in [-0.2, 0) is 4.79 Å². The van der Waals surface area contributed by atoms with Gasteiger partial charge in [0, 0.05) is 6.04 Å². The number of aliphatic carboxylic acids is 1. The average Bonchev–Trinajstić information content (AvgIpc) is 2.62. The Hall–Kier alpha value is -0.820. The summed E-state index contributed by atoms with van der Waals surface area (Å²) in [6.07, 6.45) is 7.59. The minimum Gasteiger partial charge on any atom is -0.481 e. The summed E-state index contributed by atoms with van der Waals surface area (Å²) in [5.41, 5.74) is 0. The van der Waals surface area contributed by atoms with Crippen LogP contribution in [-0.4, -0.2) is 33.1 Å². The lowest BCUT2D eigenvalue weighted by molar-refractivity contribution is -0.133. The predicted molar refractivity (Wildman–Crippen MR) is 73.4 cm³/mol. The molecule has 0 atom stereocenters. The van der Waals surface area contributed by atoms with E-state index in [0.29, 0.717) is 10.4 Å². The molecular weight excluding hydrogens is 270 g/mol. The molecule has 0 saturated heterocycles. The molecule has 1 aromatic heterocycles. The molecule has 1 saturated carbocycles.